The molecule has 4 aromatic rings. The molecule has 1 saturated heterocycles. The Bertz CT molecular complexity index is 1830. The summed E-state index contributed by atoms with van der Waals surface area (Å²) in [7, 11) is 1.56. The van der Waals surface area contributed by atoms with Crippen LogP contribution in [0.3, 0.4) is 0 Å². The molecule has 0 bridgehead atoms. The van der Waals surface area contributed by atoms with Crippen LogP contribution in [0.25, 0.3) is 0 Å². The molecule has 3 aliphatic rings. The van der Waals surface area contributed by atoms with Crippen molar-refractivity contribution in [3.8, 4) is 11.5 Å². The molecule has 0 N–H and O–H groups in total. The van der Waals surface area contributed by atoms with Crippen molar-refractivity contribution in [1.82, 2.24) is 4.90 Å². The van der Waals surface area contributed by atoms with Gasteiger partial charge in [-0.1, -0.05) is 30.0 Å². The molecule has 3 aliphatic heterocycles. The molecule has 0 radical (unpaired) electrons. The molecule has 9 nitrogen and oxygen atoms in total. The molecule has 0 aliphatic carbocycles. The molecule has 3 heterocycles. The zero-order chi connectivity index (χ0) is 32.2. The van der Waals surface area contributed by atoms with Gasteiger partial charge in [0.25, 0.3) is 11.8 Å². The normalized spacial score (nSPS) is 15.3. The maximum absolute atomic E-state index is 13.2. The van der Waals surface area contributed by atoms with Crippen molar-refractivity contribution in [3.05, 3.63) is 113 Å². The predicted octanol–water partition coefficient (Wildman–Crippen LogP) is 6.26. The highest BCUT2D eigenvalue weighted by molar-refractivity contribution is 7.99. The average molecular weight is 641 g/mol. The minimum absolute atomic E-state index is 0.000000000000000444. The number of imide groups is 1. The molecular weight excluding hydrogens is 611 g/mol. The lowest BCUT2D eigenvalue weighted by Gasteiger charge is -2.18. The van der Waals surface area contributed by atoms with E-state index in [1.165, 1.54) is 23.8 Å². The van der Waals surface area contributed by atoms with Crippen LogP contribution < -0.4 is 14.4 Å². The first-order chi connectivity index (χ1) is 22.3. The summed E-state index contributed by atoms with van der Waals surface area (Å²) in [5.74, 6) is -1.62. The fraction of sp³-hybridized carbons (Fsp3) is 0.200. The molecule has 0 unspecified atom stereocenters. The van der Waals surface area contributed by atoms with Gasteiger partial charge in [0.1, 0.15) is 12.4 Å². The van der Waals surface area contributed by atoms with Crippen LogP contribution in [0.5, 0.6) is 11.5 Å². The van der Waals surface area contributed by atoms with Crippen LogP contribution in [0.1, 0.15) is 54.3 Å². The highest BCUT2D eigenvalue weighted by Crippen LogP contribution is 2.37. The van der Waals surface area contributed by atoms with E-state index in [1.54, 1.807) is 49.2 Å². The van der Waals surface area contributed by atoms with Crippen LogP contribution in [0.4, 0.5) is 10.1 Å². The van der Waals surface area contributed by atoms with Gasteiger partial charge in [0.15, 0.2) is 11.5 Å². The Labute approximate surface area is 268 Å². The number of benzene rings is 4. The summed E-state index contributed by atoms with van der Waals surface area (Å²) < 4.78 is 28.2. The third kappa shape index (κ3) is 6.51. The van der Waals surface area contributed by atoms with E-state index in [0.29, 0.717) is 34.9 Å². The minimum atomic E-state index is -0.783. The molecule has 2 amide bonds. The topological polar surface area (TPSA) is 102 Å². The van der Waals surface area contributed by atoms with Gasteiger partial charge in [-0.3, -0.25) is 14.5 Å². The number of amides is 2. The smallest absolute Gasteiger partial charge is 0.347 e. The standard InChI is InChI=1S/C27H26N2O4S.C8H3FO3/c1-32-25-17-19(9-12-24(25)33-16-15-28-13-5-6-14-28)29-26(30)22-11-10-21(18-23(22)27(29)31)34-20-7-3-2-4-8-20;9-4-1-2-5-6(3-4)8(11)12-7(5)10/h2-4,7-12,17-18H,5-6,13-16H2,1H3;1-3H. The van der Waals surface area contributed by atoms with Crippen molar-refractivity contribution in [2.45, 2.75) is 22.6 Å². The zero-order valence-electron chi connectivity index (χ0n) is 24.9. The van der Waals surface area contributed by atoms with Gasteiger partial charge in [0.2, 0.25) is 0 Å². The quantitative estimate of drug-likeness (QED) is 0.126. The van der Waals surface area contributed by atoms with Gasteiger partial charge in [-0.15, -0.1) is 0 Å². The number of ether oxygens (including phenoxy) is 3. The number of fused-ring (bicyclic) bond motifs is 2. The first-order valence-corrected chi connectivity index (χ1v) is 15.5. The monoisotopic (exact) mass is 640 g/mol. The summed E-state index contributed by atoms with van der Waals surface area (Å²) in [6.45, 7) is 3.66. The second-order valence-electron chi connectivity index (χ2n) is 10.7. The number of anilines is 1. The van der Waals surface area contributed by atoms with Crippen molar-refractivity contribution < 1.29 is 37.8 Å². The van der Waals surface area contributed by atoms with Gasteiger partial charge in [-0.25, -0.2) is 18.9 Å². The molecule has 1 fully saturated rings. The second-order valence-corrected chi connectivity index (χ2v) is 11.8. The molecule has 234 valence electrons. The number of carbonyl (C=O) groups excluding carboxylic acids is 4. The Kier molecular flexibility index (Phi) is 9.13. The number of nitrogens with zero attached hydrogens (tertiary/aromatic N) is 2. The van der Waals surface area contributed by atoms with Gasteiger partial charge in [0, 0.05) is 22.4 Å². The molecule has 0 spiro atoms. The fourth-order valence-corrected chi connectivity index (χ4v) is 6.28. The van der Waals surface area contributed by atoms with Crippen molar-refractivity contribution in [2.24, 2.45) is 0 Å². The third-order valence-electron chi connectivity index (χ3n) is 7.71. The van der Waals surface area contributed by atoms with E-state index in [1.807, 2.05) is 36.4 Å². The van der Waals surface area contributed by atoms with E-state index in [9.17, 15) is 23.6 Å². The Morgan fingerprint density at radius 2 is 1.46 bits per heavy atom. The lowest BCUT2D eigenvalue weighted by atomic mass is 10.1. The Hall–Kier alpha value is -5.00. The molecule has 46 heavy (non-hydrogen) atoms. The van der Waals surface area contributed by atoms with E-state index >= 15 is 0 Å². The first-order valence-electron chi connectivity index (χ1n) is 14.7. The predicted molar refractivity (Wildman–Crippen MR) is 168 cm³/mol. The summed E-state index contributed by atoms with van der Waals surface area (Å²) in [4.78, 5) is 53.5. The van der Waals surface area contributed by atoms with E-state index in [2.05, 4.69) is 9.64 Å². The van der Waals surface area contributed by atoms with Gasteiger partial charge in [-0.2, -0.15) is 0 Å². The van der Waals surface area contributed by atoms with E-state index < -0.39 is 17.8 Å². The van der Waals surface area contributed by atoms with Gasteiger partial charge < -0.3 is 14.2 Å². The lowest BCUT2D eigenvalue weighted by Crippen LogP contribution is -2.29. The maximum atomic E-state index is 13.2. The van der Waals surface area contributed by atoms with E-state index in [0.717, 1.165) is 41.6 Å². The summed E-state index contributed by atoms with van der Waals surface area (Å²) in [6.07, 6.45) is 2.48. The van der Waals surface area contributed by atoms with Crippen LogP contribution >= 0.6 is 11.8 Å². The minimum Gasteiger partial charge on any atom is -0.493 e. The molecule has 0 aromatic heterocycles. The maximum Gasteiger partial charge on any atom is 0.347 e. The number of methoxy groups -OCH3 is 1. The highest BCUT2D eigenvalue weighted by atomic mass is 32.2. The van der Waals surface area contributed by atoms with Crippen LogP contribution in [0.15, 0.2) is 94.7 Å². The number of hydrogen-bond acceptors (Lipinski definition) is 9. The molecular formula is C35H29FN2O7S. The number of esters is 2. The molecule has 4 aromatic carbocycles. The van der Waals surface area contributed by atoms with Crippen molar-refractivity contribution >= 4 is 41.2 Å². The average Bonchev–Trinajstić information content (AvgIpc) is 3.75. The molecule has 11 heteroatoms. The molecule has 7 rings (SSSR count). The number of carbonyl (C=O) groups is 4. The lowest BCUT2D eigenvalue weighted by molar-refractivity contribution is 0.0443. The summed E-state index contributed by atoms with van der Waals surface area (Å²) >= 11 is 1.56. The third-order valence-corrected chi connectivity index (χ3v) is 8.71. The zero-order valence-corrected chi connectivity index (χ0v) is 25.7. The van der Waals surface area contributed by atoms with Crippen LogP contribution in [-0.4, -0.2) is 62.0 Å². The second kappa shape index (κ2) is 13.6. The van der Waals surface area contributed by atoms with Crippen molar-refractivity contribution in [1.29, 1.82) is 0 Å². The SMILES string of the molecule is COc1cc(N2C(=O)c3ccc(Sc4ccccc4)cc3C2=O)ccc1OCCN1CCCC1.O=C1OC(=O)c2cc(F)ccc21. The largest absolute Gasteiger partial charge is 0.493 e. The summed E-state index contributed by atoms with van der Waals surface area (Å²) in [5, 5.41) is 0. The Morgan fingerprint density at radius 1 is 0.739 bits per heavy atom. The van der Waals surface area contributed by atoms with E-state index in [4.69, 9.17) is 9.47 Å². The molecule has 0 atom stereocenters. The van der Waals surface area contributed by atoms with Gasteiger partial charge in [0.05, 0.1) is 35.1 Å². The number of hydrogen-bond donors (Lipinski definition) is 0. The van der Waals surface area contributed by atoms with Crippen molar-refractivity contribution in [3.63, 3.8) is 0 Å². The van der Waals surface area contributed by atoms with Crippen LogP contribution in [0.2, 0.25) is 0 Å². The van der Waals surface area contributed by atoms with E-state index in [-0.39, 0.29) is 22.9 Å². The number of rotatable bonds is 8. The highest BCUT2D eigenvalue weighted by Gasteiger charge is 2.37. The fourth-order valence-electron chi connectivity index (χ4n) is 5.41. The molecule has 0 saturated carbocycles. The van der Waals surface area contributed by atoms with Gasteiger partial charge >= 0.3 is 11.9 Å². The number of cyclic esters (lactones) is 2. The van der Waals surface area contributed by atoms with Crippen LogP contribution in [-0.2, 0) is 4.74 Å². The van der Waals surface area contributed by atoms with Gasteiger partial charge in [-0.05, 0) is 86.6 Å². The number of likely N-dealkylation sites (tertiary alicyclic amines) is 1. The summed E-state index contributed by atoms with van der Waals surface area (Å²) in [5.41, 5.74) is 1.41. The Morgan fingerprint density at radius 3 is 2.22 bits per heavy atom. The summed E-state index contributed by atoms with van der Waals surface area (Å²) in [6, 6.07) is 23.8. The van der Waals surface area contributed by atoms with Crippen LogP contribution in [0, 0.1) is 5.82 Å². The Balaban J connectivity index is 0.000000259. The van der Waals surface area contributed by atoms with Crippen molar-refractivity contribution in [2.75, 3.05) is 38.3 Å². The first kappa shape index (κ1) is 31.0. The number of halogens is 1.